The molecule has 3 aromatic rings. The fourth-order valence-corrected chi connectivity index (χ4v) is 4.45. The molecule has 2 amide bonds. The summed E-state index contributed by atoms with van der Waals surface area (Å²) in [6.07, 6.45) is 2.07. The second kappa shape index (κ2) is 6.97. The zero-order valence-corrected chi connectivity index (χ0v) is 18.4. The number of carbonyl (C=O) groups is 2. The Morgan fingerprint density at radius 1 is 1.23 bits per heavy atom. The third-order valence-electron chi connectivity index (χ3n) is 5.99. The summed E-state index contributed by atoms with van der Waals surface area (Å²) in [5.74, 6) is 0.00939. The number of aryl methyl sites for hydroxylation is 4. The lowest BCUT2D eigenvalue weighted by molar-refractivity contribution is -0.122. The molecule has 3 heterocycles. The van der Waals surface area contributed by atoms with Gasteiger partial charge in [-0.05, 0) is 57.9 Å². The van der Waals surface area contributed by atoms with Gasteiger partial charge in [0.1, 0.15) is 11.0 Å². The van der Waals surface area contributed by atoms with Crippen LogP contribution in [-0.2, 0) is 28.6 Å². The highest BCUT2D eigenvalue weighted by Gasteiger charge is 2.44. The molecule has 8 nitrogen and oxygen atoms in total. The number of nitrogens with zero attached hydrogens (tertiary/aromatic N) is 5. The Balaban J connectivity index is 1.52. The molecule has 0 saturated carbocycles. The van der Waals surface area contributed by atoms with Crippen LogP contribution >= 0.6 is 0 Å². The van der Waals surface area contributed by atoms with Crippen molar-refractivity contribution in [1.29, 1.82) is 0 Å². The van der Waals surface area contributed by atoms with Crippen molar-refractivity contribution >= 4 is 34.2 Å². The summed E-state index contributed by atoms with van der Waals surface area (Å²) in [6, 6.07) is 3.87. The molecule has 0 atom stereocenters. The Morgan fingerprint density at radius 2 is 1.97 bits per heavy atom. The molecule has 1 aliphatic heterocycles. The number of fused-ring (bicyclic) bond motifs is 2. The Kier molecular flexibility index (Phi) is 4.67. The van der Waals surface area contributed by atoms with Crippen molar-refractivity contribution in [2.24, 2.45) is 7.05 Å². The zero-order chi connectivity index (χ0) is 21.8. The van der Waals surface area contributed by atoms with Crippen LogP contribution in [0.15, 0.2) is 18.3 Å². The molecule has 1 aliphatic rings. The van der Waals surface area contributed by atoms with Crippen LogP contribution in [-0.4, -0.2) is 37.9 Å². The lowest BCUT2D eigenvalue weighted by Crippen LogP contribution is -2.36. The van der Waals surface area contributed by atoms with Gasteiger partial charge < -0.3 is 10.2 Å². The SMILES string of the molecule is CCN1C(=O)C(C)(C)c2cc(NC(=O)CCn3ncc4c3c(C)nn4C)cc(C)c21. The van der Waals surface area contributed by atoms with Crippen LogP contribution in [0.25, 0.3) is 11.0 Å². The molecule has 0 spiro atoms. The minimum Gasteiger partial charge on any atom is -0.326 e. The van der Waals surface area contributed by atoms with Gasteiger partial charge in [0.15, 0.2) is 0 Å². The van der Waals surface area contributed by atoms with Gasteiger partial charge in [-0.1, -0.05) is 0 Å². The van der Waals surface area contributed by atoms with Crippen molar-refractivity contribution in [2.75, 3.05) is 16.8 Å². The molecule has 0 radical (unpaired) electrons. The van der Waals surface area contributed by atoms with Crippen molar-refractivity contribution in [3.63, 3.8) is 0 Å². The number of rotatable bonds is 5. The summed E-state index contributed by atoms with van der Waals surface area (Å²) >= 11 is 0. The van der Waals surface area contributed by atoms with E-state index in [1.807, 2.05) is 63.4 Å². The number of hydrogen-bond donors (Lipinski definition) is 1. The minimum atomic E-state index is -0.602. The standard InChI is InChI=1S/C22H28N6O2/c1-7-27-19-13(2)10-15(11-16(19)22(4,5)21(27)30)24-18(29)8-9-28-20-14(3)25-26(6)17(20)12-23-28/h10-12H,7-9H2,1-6H3,(H,24,29). The van der Waals surface area contributed by atoms with Crippen LogP contribution in [0, 0.1) is 13.8 Å². The quantitative estimate of drug-likeness (QED) is 0.703. The predicted octanol–water partition coefficient (Wildman–Crippen LogP) is 3.06. The average Bonchev–Trinajstić information content (AvgIpc) is 3.28. The molecule has 1 aromatic carbocycles. The van der Waals surface area contributed by atoms with Crippen LogP contribution in [0.2, 0.25) is 0 Å². The number of anilines is 2. The minimum absolute atomic E-state index is 0.0889. The van der Waals surface area contributed by atoms with Gasteiger partial charge in [-0.2, -0.15) is 10.2 Å². The number of nitrogens with one attached hydrogen (secondary N) is 1. The first-order valence-electron chi connectivity index (χ1n) is 10.3. The summed E-state index contributed by atoms with van der Waals surface area (Å²) in [6.45, 7) is 10.9. The highest BCUT2D eigenvalue weighted by Crippen LogP contribution is 2.44. The first-order chi connectivity index (χ1) is 14.1. The lowest BCUT2D eigenvalue weighted by atomic mass is 9.85. The molecule has 2 aromatic heterocycles. The fraction of sp³-hybridized carbons (Fsp3) is 0.455. The van der Waals surface area contributed by atoms with Gasteiger partial charge in [0.2, 0.25) is 11.8 Å². The van der Waals surface area contributed by atoms with E-state index in [4.69, 9.17) is 0 Å². The molecule has 1 N–H and O–H groups in total. The van der Waals surface area contributed by atoms with Gasteiger partial charge in [0.25, 0.3) is 0 Å². The Labute approximate surface area is 175 Å². The van der Waals surface area contributed by atoms with E-state index in [9.17, 15) is 9.59 Å². The Hall–Kier alpha value is -3.16. The third kappa shape index (κ3) is 2.98. The van der Waals surface area contributed by atoms with Crippen molar-refractivity contribution in [3.8, 4) is 0 Å². The number of benzene rings is 1. The first kappa shape index (κ1) is 20.1. The molecule has 0 fully saturated rings. The van der Waals surface area contributed by atoms with E-state index in [0.29, 0.717) is 19.5 Å². The molecule has 0 bridgehead atoms. The second-order valence-corrected chi connectivity index (χ2v) is 8.47. The van der Waals surface area contributed by atoms with E-state index >= 15 is 0 Å². The number of hydrogen-bond acceptors (Lipinski definition) is 4. The van der Waals surface area contributed by atoms with Crippen molar-refractivity contribution < 1.29 is 9.59 Å². The molecule has 8 heteroatoms. The maximum absolute atomic E-state index is 12.8. The highest BCUT2D eigenvalue weighted by molar-refractivity contribution is 6.09. The van der Waals surface area contributed by atoms with Crippen LogP contribution < -0.4 is 10.2 Å². The molecule has 158 valence electrons. The summed E-state index contributed by atoms with van der Waals surface area (Å²) < 4.78 is 3.62. The maximum atomic E-state index is 12.8. The topological polar surface area (TPSA) is 85.1 Å². The molecule has 0 unspecified atom stereocenters. The maximum Gasteiger partial charge on any atom is 0.237 e. The summed E-state index contributed by atoms with van der Waals surface area (Å²) in [5.41, 5.74) is 5.85. The van der Waals surface area contributed by atoms with Crippen LogP contribution in [0.1, 0.15) is 44.0 Å². The molecule has 30 heavy (non-hydrogen) atoms. The number of likely N-dealkylation sites (N-methyl/N-ethyl adjacent to an activating group) is 1. The van der Waals surface area contributed by atoms with E-state index in [0.717, 1.165) is 39.2 Å². The van der Waals surface area contributed by atoms with Crippen LogP contribution in [0.3, 0.4) is 0 Å². The second-order valence-electron chi connectivity index (χ2n) is 8.47. The van der Waals surface area contributed by atoms with Gasteiger partial charge >= 0.3 is 0 Å². The van der Waals surface area contributed by atoms with Gasteiger partial charge in [-0.15, -0.1) is 0 Å². The van der Waals surface area contributed by atoms with Crippen LogP contribution in [0.5, 0.6) is 0 Å². The zero-order valence-electron chi connectivity index (χ0n) is 18.4. The number of carbonyl (C=O) groups excluding carboxylic acids is 2. The molecular formula is C22H28N6O2. The number of aromatic nitrogens is 4. The Bertz CT molecular complexity index is 1170. The van der Waals surface area contributed by atoms with Gasteiger partial charge in [-0.3, -0.25) is 19.0 Å². The lowest BCUT2D eigenvalue weighted by Gasteiger charge is -2.18. The van der Waals surface area contributed by atoms with Crippen molar-refractivity contribution in [2.45, 2.75) is 53.0 Å². The molecule has 4 rings (SSSR count). The van der Waals surface area contributed by atoms with Crippen molar-refractivity contribution in [3.05, 3.63) is 35.2 Å². The smallest absolute Gasteiger partial charge is 0.237 e. The predicted molar refractivity (Wildman–Crippen MR) is 117 cm³/mol. The summed E-state index contributed by atoms with van der Waals surface area (Å²) in [7, 11) is 1.89. The summed E-state index contributed by atoms with van der Waals surface area (Å²) in [5, 5.41) is 11.8. The molecule has 0 saturated heterocycles. The van der Waals surface area contributed by atoms with E-state index in [-0.39, 0.29) is 11.8 Å². The normalized spacial score (nSPS) is 15.1. The fourth-order valence-electron chi connectivity index (χ4n) is 4.45. The van der Waals surface area contributed by atoms with Gasteiger partial charge in [0, 0.05) is 25.7 Å². The highest BCUT2D eigenvalue weighted by atomic mass is 16.2. The third-order valence-corrected chi connectivity index (χ3v) is 5.99. The Morgan fingerprint density at radius 3 is 2.67 bits per heavy atom. The van der Waals surface area contributed by atoms with Gasteiger partial charge in [0.05, 0.1) is 29.5 Å². The van der Waals surface area contributed by atoms with Crippen molar-refractivity contribution in [1.82, 2.24) is 19.6 Å². The largest absolute Gasteiger partial charge is 0.326 e. The van der Waals surface area contributed by atoms with Gasteiger partial charge in [-0.25, -0.2) is 0 Å². The van der Waals surface area contributed by atoms with Crippen LogP contribution in [0.4, 0.5) is 11.4 Å². The summed E-state index contributed by atoms with van der Waals surface area (Å²) in [4.78, 5) is 27.3. The van der Waals surface area contributed by atoms with E-state index in [1.54, 1.807) is 10.9 Å². The molecular weight excluding hydrogens is 380 g/mol. The molecule has 0 aliphatic carbocycles. The van der Waals surface area contributed by atoms with E-state index in [1.165, 1.54) is 0 Å². The monoisotopic (exact) mass is 408 g/mol. The van der Waals surface area contributed by atoms with E-state index < -0.39 is 5.41 Å². The average molecular weight is 409 g/mol. The number of amides is 2. The van der Waals surface area contributed by atoms with E-state index in [2.05, 4.69) is 15.5 Å². The first-order valence-corrected chi connectivity index (χ1v) is 10.3.